The number of furan rings is 1. The topological polar surface area (TPSA) is 75.4 Å². The zero-order valence-corrected chi connectivity index (χ0v) is 15.4. The number of piperidine rings is 1. The number of carbonyl (C=O) groups excluding carboxylic acids is 2. The Labute approximate surface area is 160 Å². The van der Waals surface area contributed by atoms with Crippen LogP contribution in [-0.4, -0.2) is 40.8 Å². The van der Waals surface area contributed by atoms with Gasteiger partial charge in [-0.1, -0.05) is 30.3 Å². The molecule has 0 atom stereocenters. The minimum absolute atomic E-state index is 0.0417. The molecule has 2 amide bonds. The Bertz CT molecular complexity index is 913. The molecule has 0 aliphatic carbocycles. The first kappa shape index (κ1) is 17.5. The molecule has 1 aliphatic heterocycles. The number of likely N-dealkylation sites (tertiary alicyclic amines) is 1. The van der Waals surface area contributed by atoms with Crippen LogP contribution in [0.3, 0.4) is 0 Å². The van der Waals surface area contributed by atoms with E-state index in [-0.39, 0.29) is 17.9 Å². The zero-order chi connectivity index (χ0) is 18.6. The third-order valence-corrected chi connectivity index (χ3v) is 5.50. The molecule has 0 spiro atoms. The van der Waals surface area contributed by atoms with E-state index in [1.807, 2.05) is 30.3 Å². The predicted molar refractivity (Wildman–Crippen MR) is 103 cm³/mol. The van der Waals surface area contributed by atoms with Crippen molar-refractivity contribution in [2.45, 2.75) is 18.9 Å². The van der Waals surface area contributed by atoms with Crippen LogP contribution in [0.25, 0.3) is 10.6 Å². The maximum Gasteiger partial charge on any atom is 0.289 e. The lowest BCUT2D eigenvalue weighted by molar-refractivity contribution is 0.0667. The van der Waals surface area contributed by atoms with Crippen LogP contribution >= 0.6 is 11.3 Å². The van der Waals surface area contributed by atoms with Gasteiger partial charge in [0.15, 0.2) is 5.76 Å². The van der Waals surface area contributed by atoms with Crippen molar-refractivity contribution in [1.82, 2.24) is 15.2 Å². The quantitative estimate of drug-likeness (QED) is 0.751. The molecule has 1 fully saturated rings. The molecular formula is C20H19N3O3S. The van der Waals surface area contributed by atoms with E-state index in [1.165, 1.54) is 17.6 Å². The largest absolute Gasteiger partial charge is 0.459 e. The monoisotopic (exact) mass is 381 g/mol. The molecule has 0 bridgehead atoms. The molecule has 0 unspecified atom stereocenters. The van der Waals surface area contributed by atoms with Crippen molar-refractivity contribution in [3.63, 3.8) is 0 Å². The van der Waals surface area contributed by atoms with E-state index in [0.29, 0.717) is 37.4 Å². The molecule has 0 saturated carbocycles. The van der Waals surface area contributed by atoms with Gasteiger partial charge >= 0.3 is 0 Å². The summed E-state index contributed by atoms with van der Waals surface area (Å²) in [5.74, 6) is 0.0921. The number of thiazole rings is 1. The van der Waals surface area contributed by atoms with Gasteiger partial charge in [-0.15, -0.1) is 11.3 Å². The molecule has 2 aromatic heterocycles. The van der Waals surface area contributed by atoms with Gasteiger partial charge in [0.2, 0.25) is 0 Å². The molecule has 1 N–H and O–H groups in total. The Morgan fingerprint density at radius 2 is 1.89 bits per heavy atom. The Morgan fingerprint density at radius 3 is 2.59 bits per heavy atom. The average molecular weight is 381 g/mol. The summed E-state index contributed by atoms with van der Waals surface area (Å²) in [5, 5.41) is 5.66. The number of benzene rings is 1. The molecule has 3 aromatic rings. The normalized spacial score (nSPS) is 14.9. The van der Waals surface area contributed by atoms with E-state index in [4.69, 9.17) is 4.42 Å². The highest BCUT2D eigenvalue weighted by Crippen LogP contribution is 2.23. The second kappa shape index (κ2) is 7.75. The molecule has 1 saturated heterocycles. The van der Waals surface area contributed by atoms with Crippen LogP contribution in [0.2, 0.25) is 0 Å². The van der Waals surface area contributed by atoms with Crippen molar-refractivity contribution in [2.24, 2.45) is 0 Å². The fraction of sp³-hybridized carbons (Fsp3) is 0.250. The fourth-order valence-electron chi connectivity index (χ4n) is 3.13. The van der Waals surface area contributed by atoms with Crippen LogP contribution in [0.1, 0.15) is 33.9 Å². The zero-order valence-electron chi connectivity index (χ0n) is 14.6. The van der Waals surface area contributed by atoms with Crippen molar-refractivity contribution in [1.29, 1.82) is 0 Å². The van der Waals surface area contributed by atoms with Gasteiger partial charge < -0.3 is 14.6 Å². The first-order valence-corrected chi connectivity index (χ1v) is 9.73. The molecular weight excluding hydrogens is 362 g/mol. The van der Waals surface area contributed by atoms with Crippen LogP contribution in [0.5, 0.6) is 0 Å². The lowest BCUT2D eigenvalue weighted by Gasteiger charge is -2.31. The Balaban J connectivity index is 1.32. The van der Waals surface area contributed by atoms with Crippen molar-refractivity contribution in [3.05, 3.63) is 65.6 Å². The van der Waals surface area contributed by atoms with Gasteiger partial charge in [-0.25, -0.2) is 4.98 Å². The van der Waals surface area contributed by atoms with Crippen LogP contribution in [0.4, 0.5) is 0 Å². The van der Waals surface area contributed by atoms with E-state index in [1.54, 1.807) is 22.4 Å². The predicted octanol–water partition coefficient (Wildman–Crippen LogP) is 3.44. The maximum absolute atomic E-state index is 12.5. The number of nitrogens with one attached hydrogen (secondary N) is 1. The highest BCUT2D eigenvalue weighted by atomic mass is 32.1. The van der Waals surface area contributed by atoms with Crippen molar-refractivity contribution in [3.8, 4) is 10.6 Å². The van der Waals surface area contributed by atoms with Crippen LogP contribution in [0, 0.1) is 0 Å². The average Bonchev–Trinajstić information content (AvgIpc) is 3.41. The van der Waals surface area contributed by atoms with Gasteiger partial charge in [-0.2, -0.15) is 0 Å². The summed E-state index contributed by atoms with van der Waals surface area (Å²) < 4.78 is 5.17. The molecule has 1 aliphatic rings. The number of nitrogens with zero attached hydrogens (tertiary/aromatic N) is 2. The first-order valence-electron chi connectivity index (χ1n) is 8.85. The molecule has 27 heavy (non-hydrogen) atoms. The summed E-state index contributed by atoms with van der Waals surface area (Å²) in [6.07, 6.45) is 2.93. The van der Waals surface area contributed by atoms with E-state index in [9.17, 15) is 9.59 Å². The van der Waals surface area contributed by atoms with Crippen molar-refractivity contribution >= 4 is 23.2 Å². The van der Waals surface area contributed by atoms with Crippen molar-refractivity contribution < 1.29 is 14.0 Å². The number of rotatable bonds is 4. The lowest BCUT2D eigenvalue weighted by atomic mass is 10.0. The first-order chi connectivity index (χ1) is 13.2. The second-order valence-electron chi connectivity index (χ2n) is 6.42. The second-order valence-corrected chi connectivity index (χ2v) is 7.28. The van der Waals surface area contributed by atoms with E-state index in [0.717, 1.165) is 10.6 Å². The maximum atomic E-state index is 12.5. The number of hydrogen-bond donors (Lipinski definition) is 1. The van der Waals surface area contributed by atoms with Gasteiger partial charge in [0, 0.05) is 30.1 Å². The Hall–Kier alpha value is -2.93. The van der Waals surface area contributed by atoms with E-state index in [2.05, 4.69) is 10.3 Å². The molecule has 6 nitrogen and oxygen atoms in total. The highest BCUT2D eigenvalue weighted by molar-refractivity contribution is 7.13. The summed E-state index contributed by atoms with van der Waals surface area (Å²) in [7, 11) is 0. The third kappa shape index (κ3) is 3.93. The number of hydrogen-bond acceptors (Lipinski definition) is 5. The molecule has 1 aromatic carbocycles. The SMILES string of the molecule is O=C(NC1CCN(C(=O)c2ccco2)CC1)c1csc(-c2ccccc2)n1. The number of aromatic nitrogens is 1. The van der Waals surface area contributed by atoms with Gasteiger partial charge in [0.1, 0.15) is 10.7 Å². The van der Waals surface area contributed by atoms with Gasteiger partial charge in [0.25, 0.3) is 11.8 Å². The molecule has 4 rings (SSSR count). The third-order valence-electron chi connectivity index (χ3n) is 4.61. The van der Waals surface area contributed by atoms with Gasteiger partial charge in [0.05, 0.1) is 6.26 Å². The van der Waals surface area contributed by atoms with Crippen LogP contribution in [-0.2, 0) is 0 Å². The number of carbonyl (C=O) groups is 2. The lowest BCUT2D eigenvalue weighted by Crippen LogP contribution is -2.46. The molecule has 3 heterocycles. The minimum atomic E-state index is -0.163. The van der Waals surface area contributed by atoms with E-state index >= 15 is 0 Å². The van der Waals surface area contributed by atoms with Gasteiger partial charge in [-0.3, -0.25) is 9.59 Å². The van der Waals surface area contributed by atoms with E-state index < -0.39 is 0 Å². The Kier molecular flexibility index (Phi) is 5.02. The highest BCUT2D eigenvalue weighted by Gasteiger charge is 2.26. The summed E-state index contributed by atoms with van der Waals surface area (Å²) in [5.41, 5.74) is 1.44. The summed E-state index contributed by atoms with van der Waals surface area (Å²) in [4.78, 5) is 31.0. The summed E-state index contributed by atoms with van der Waals surface area (Å²) >= 11 is 1.46. The minimum Gasteiger partial charge on any atom is -0.459 e. The van der Waals surface area contributed by atoms with Gasteiger partial charge in [-0.05, 0) is 25.0 Å². The molecule has 7 heteroatoms. The number of amides is 2. The fourth-order valence-corrected chi connectivity index (χ4v) is 3.94. The van der Waals surface area contributed by atoms with Crippen LogP contribution in [0.15, 0.2) is 58.5 Å². The van der Waals surface area contributed by atoms with Crippen molar-refractivity contribution in [2.75, 3.05) is 13.1 Å². The van der Waals surface area contributed by atoms with Crippen LogP contribution < -0.4 is 5.32 Å². The molecule has 138 valence electrons. The summed E-state index contributed by atoms with van der Waals surface area (Å²) in [6.45, 7) is 1.19. The Morgan fingerprint density at radius 1 is 1.11 bits per heavy atom. The smallest absolute Gasteiger partial charge is 0.289 e. The standard InChI is InChI=1S/C20H19N3O3S/c24-18(16-13-27-19(22-16)14-5-2-1-3-6-14)21-15-8-10-23(11-9-15)20(25)17-7-4-12-26-17/h1-7,12-13,15H,8-11H2,(H,21,24). The molecule has 0 radical (unpaired) electrons. The summed E-state index contributed by atoms with van der Waals surface area (Å²) in [6, 6.07) is 13.2.